The maximum Gasteiger partial charge on any atom is 0.0695 e. The van der Waals surface area contributed by atoms with Crippen LogP contribution in [0.2, 0.25) is 0 Å². The molecule has 2 aliphatic rings. The maximum absolute atomic E-state index is 5.50. The van der Waals surface area contributed by atoms with Crippen molar-refractivity contribution in [2.75, 3.05) is 20.2 Å². The van der Waals surface area contributed by atoms with Crippen LogP contribution in [0.1, 0.15) is 46.0 Å². The van der Waals surface area contributed by atoms with Gasteiger partial charge in [-0.1, -0.05) is 6.42 Å². The van der Waals surface area contributed by atoms with Crippen LogP contribution in [0.15, 0.2) is 0 Å². The van der Waals surface area contributed by atoms with Gasteiger partial charge in [-0.05, 0) is 46.1 Å². The highest BCUT2D eigenvalue weighted by atomic mass is 16.5. The van der Waals surface area contributed by atoms with Gasteiger partial charge in [0.05, 0.1) is 6.10 Å². The molecule has 2 rings (SSSR count). The Balaban J connectivity index is 1.87. The minimum absolute atomic E-state index is 0.333. The summed E-state index contributed by atoms with van der Waals surface area (Å²) in [5.41, 5.74) is 0. The van der Waals surface area contributed by atoms with Crippen molar-refractivity contribution in [3.05, 3.63) is 0 Å². The summed E-state index contributed by atoms with van der Waals surface area (Å²) in [6, 6.07) is 2.07. The molecule has 3 nitrogen and oxygen atoms in total. The molecule has 1 aliphatic heterocycles. The van der Waals surface area contributed by atoms with E-state index in [1.807, 2.05) is 7.11 Å². The van der Waals surface area contributed by atoms with Gasteiger partial charge in [0.1, 0.15) is 0 Å². The summed E-state index contributed by atoms with van der Waals surface area (Å²) < 4.78 is 5.50. The van der Waals surface area contributed by atoms with E-state index in [1.165, 1.54) is 45.2 Å². The average Bonchev–Trinajstić information content (AvgIpc) is 3.19. The number of hydrogen-bond donors (Lipinski definition) is 1. The molecule has 0 aromatic heterocycles. The van der Waals surface area contributed by atoms with E-state index in [4.69, 9.17) is 4.74 Å². The summed E-state index contributed by atoms with van der Waals surface area (Å²) in [7, 11) is 1.82. The van der Waals surface area contributed by atoms with Gasteiger partial charge in [0.15, 0.2) is 0 Å². The number of ether oxygens (including phenoxy) is 1. The zero-order chi connectivity index (χ0) is 12.3. The Bertz CT molecular complexity index is 224. The van der Waals surface area contributed by atoms with Crippen molar-refractivity contribution >= 4 is 0 Å². The van der Waals surface area contributed by atoms with Crippen LogP contribution in [-0.2, 0) is 4.74 Å². The summed E-state index contributed by atoms with van der Waals surface area (Å²) in [5.74, 6) is 0. The zero-order valence-corrected chi connectivity index (χ0v) is 11.6. The normalized spacial score (nSPS) is 29.3. The zero-order valence-electron chi connectivity index (χ0n) is 11.6. The van der Waals surface area contributed by atoms with Crippen LogP contribution in [0.3, 0.4) is 0 Å². The van der Waals surface area contributed by atoms with Crippen molar-refractivity contribution in [3.63, 3.8) is 0 Å². The molecule has 3 atom stereocenters. The third-order valence-electron chi connectivity index (χ3n) is 4.43. The first kappa shape index (κ1) is 13.3. The van der Waals surface area contributed by atoms with Gasteiger partial charge in [-0.3, -0.25) is 4.90 Å². The van der Waals surface area contributed by atoms with Crippen LogP contribution in [-0.4, -0.2) is 49.3 Å². The predicted octanol–water partition coefficient (Wildman–Crippen LogP) is 2.02. The highest BCUT2D eigenvalue weighted by Crippen LogP contribution is 2.30. The van der Waals surface area contributed by atoms with Crippen molar-refractivity contribution in [3.8, 4) is 0 Å². The minimum Gasteiger partial charge on any atom is -0.380 e. The lowest BCUT2D eigenvalue weighted by atomic mass is 10.0. The third kappa shape index (κ3) is 3.67. The van der Waals surface area contributed by atoms with Crippen LogP contribution >= 0.6 is 0 Å². The van der Waals surface area contributed by atoms with Crippen LogP contribution in [0.4, 0.5) is 0 Å². The topological polar surface area (TPSA) is 24.5 Å². The Morgan fingerprint density at radius 3 is 2.53 bits per heavy atom. The first-order valence-corrected chi connectivity index (χ1v) is 7.24. The average molecular weight is 240 g/mol. The highest BCUT2D eigenvalue weighted by molar-refractivity contribution is 4.92. The SMILES string of the molecule is COC(C)C(C)N(CC1CCCCN1)C1CC1. The molecule has 100 valence electrons. The second-order valence-corrected chi connectivity index (χ2v) is 5.76. The quantitative estimate of drug-likeness (QED) is 0.769. The second-order valence-electron chi connectivity index (χ2n) is 5.76. The van der Waals surface area contributed by atoms with E-state index in [9.17, 15) is 0 Å². The van der Waals surface area contributed by atoms with Crippen molar-refractivity contribution in [2.24, 2.45) is 0 Å². The van der Waals surface area contributed by atoms with E-state index in [-0.39, 0.29) is 0 Å². The molecule has 1 heterocycles. The van der Waals surface area contributed by atoms with Crippen molar-refractivity contribution in [2.45, 2.75) is 70.2 Å². The summed E-state index contributed by atoms with van der Waals surface area (Å²) in [5, 5.41) is 3.66. The molecule has 0 amide bonds. The van der Waals surface area contributed by atoms with Crippen molar-refractivity contribution in [1.82, 2.24) is 10.2 Å². The number of nitrogens with zero attached hydrogens (tertiary/aromatic N) is 1. The fourth-order valence-corrected chi connectivity index (χ4v) is 2.85. The van der Waals surface area contributed by atoms with Gasteiger partial charge in [0, 0.05) is 31.8 Å². The highest BCUT2D eigenvalue weighted by Gasteiger charge is 2.35. The number of nitrogens with one attached hydrogen (secondary N) is 1. The van der Waals surface area contributed by atoms with Gasteiger partial charge in [0.2, 0.25) is 0 Å². The van der Waals surface area contributed by atoms with E-state index in [0.717, 1.165) is 6.04 Å². The molecule has 3 unspecified atom stereocenters. The minimum atomic E-state index is 0.333. The summed E-state index contributed by atoms with van der Waals surface area (Å²) >= 11 is 0. The summed E-state index contributed by atoms with van der Waals surface area (Å²) in [6.07, 6.45) is 7.19. The molecular formula is C14H28N2O. The molecule has 0 spiro atoms. The molecule has 0 aromatic carbocycles. The first-order valence-electron chi connectivity index (χ1n) is 7.24. The van der Waals surface area contributed by atoms with E-state index in [2.05, 4.69) is 24.1 Å². The third-order valence-corrected chi connectivity index (χ3v) is 4.43. The summed E-state index contributed by atoms with van der Waals surface area (Å²) in [6.45, 7) is 6.92. The van der Waals surface area contributed by atoms with Gasteiger partial charge < -0.3 is 10.1 Å². The van der Waals surface area contributed by atoms with E-state index in [0.29, 0.717) is 18.2 Å². The van der Waals surface area contributed by atoms with Crippen LogP contribution in [0.25, 0.3) is 0 Å². The Kier molecular flexibility index (Phi) is 4.83. The number of rotatable bonds is 6. The number of piperidine rings is 1. The Labute approximate surface area is 106 Å². The lowest BCUT2D eigenvalue weighted by Crippen LogP contribution is -2.50. The molecule has 2 fully saturated rings. The summed E-state index contributed by atoms with van der Waals surface area (Å²) in [4.78, 5) is 2.68. The Morgan fingerprint density at radius 1 is 1.24 bits per heavy atom. The van der Waals surface area contributed by atoms with E-state index < -0.39 is 0 Å². The molecule has 0 radical (unpaired) electrons. The van der Waals surface area contributed by atoms with Gasteiger partial charge in [0.25, 0.3) is 0 Å². The van der Waals surface area contributed by atoms with Gasteiger partial charge in [-0.2, -0.15) is 0 Å². The molecule has 1 aliphatic carbocycles. The van der Waals surface area contributed by atoms with Crippen molar-refractivity contribution in [1.29, 1.82) is 0 Å². The van der Waals surface area contributed by atoms with Crippen LogP contribution in [0, 0.1) is 0 Å². The monoisotopic (exact) mass is 240 g/mol. The molecule has 17 heavy (non-hydrogen) atoms. The van der Waals surface area contributed by atoms with E-state index >= 15 is 0 Å². The lowest BCUT2D eigenvalue weighted by molar-refractivity contribution is 0.0241. The fourth-order valence-electron chi connectivity index (χ4n) is 2.85. The van der Waals surface area contributed by atoms with E-state index in [1.54, 1.807) is 0 Å². The largest absolute Gasteiger partial charge is 0.380 e. The maximum atomic E-state index is 5.50. The van der Waals surface area contributed by atoms with Crippen LogP contribution < -0.4 is 5.32 Å². The lowest BCUT2D eigenvalue weighted by Gasteiger charge is -2.36. The Hall–Kier alpha value is -0.120. The first-order chi connectivity index (χ1) is 8.22. The van der Waals surface area contributed by atoms with Gasteiger partial charge in [-0.25, -0.2) is 0 Å². The molecule has 0 aromatic rings. The molecule has 0 bridgehead atoms. The second kappa shape index (κ2) is 6.17. The number of hydrogen-bond acceptors (Lipinski definition) is 3. The molecule has 3 heteroatoms. The van der Waals surface area contributed by atoms with Gasteiger partial charge in [-0.15, -0.1) is 0 Å². The molecule has 1 saturated heterocycles. The van der Waals surface area contributed by atoms with Gasteiger partial charge >= 0.3 is 0 Å². The molecular weight excluding hydrogens is 212 g/mol. The molecule has 1 saturated carbocycles. The van der Waals surface area contributed by atoms with Crippen LogP contribution in [0.5, 0.6) is 0 Å². The standard InChI is InChI=1S/C14H28N2O/c1-11(12(2)17-3)16(14-7-8-14)10-13-6-4-5-9-15-13/h11-15H,4-10H2,1-3H3. The number of methoxy groups -OCH3 is 1. The smallest absolute Gasteiger partial charge is 0.0695 e. The predicted molar refractivity (Wildman–Crippen MR) is 71.3 cm³/mol. The Morgan fingerprint density at radius 2 is 2.00 bits per heavy atom. The van der Waals surface area contributed by atoms with Crippen molar-refractivity contribution < 1.29 is 4.74 Å². The fraction of sp³-hybridized carbons (Fsp3) is 1.00. The molecule has 1 N–H and O–H groups in total.